The first-order chi connectivity index (χ1) is 7.77. The summed E-state index contributed by atoms with van der Waals surface area (Å²) in [5, 5.41) is 16.5. The molecule has 0 unspecified atom stereocenters. The average molecular weight is 318 g/mol. The number of nitrogens with zero attached hydrogens (tertiary/aromatic N) is 1. The van der Waals surface area contributed by atoms with Gasteiger partial charge in [0.05, 0.1) is 0 Å². The van der Waals surface area contributed by atoms with E-state index in [4.69, 9.17) is 15.9 Å². The number of nitrogens with two attached hydrogens (primary N) is 1. The van der Waals surface area contributed by atoms with Gasteiger partial charge in [-0.25, -0.2) is 8.15 Å². The minimum absolute atomic E-state index is 0.190. The van der Waals surface area contributed by atoms with Gasteiger partial charge >= 0.3 is 11.9 Å². The lowest BCUT2D eigenvalue weighted by Gasteiger charge is -2.06. The van der Waals surface area contributed by atoms with E-state index in [2.05, 4.69) is 50.5 Å². The Bertz CT molecular complexity index is 263. The minimum atomic E-state index is -1.00. The van der Waals surface area contributed by atoms with E-state index in [1.54, 1.807) is 0 Å². The van der Waals surface area contributed by atoms with Crippen molar-refractivity contribution in [1.29, 1.82) is 0 Å². The van der Waals surface area contributed by atoms with Gasteiger partial charge in [0.1, 0.15) is 6.04 Å². The Kier molecular flexibility index (Phi) is 12.4. The molecular weight excluding hydrogens is 304 g/mol. The first-order valence-corrected chi connectivity index (χ1v) is 6.33. The maximum absolute atomic E-state index is 10.3. The van der Waals surface area contributed by atoms with E-state index in [0.717, 1.165) is 3.35 Å². The molecule has 100 valence electrons. The lowest BCUT2D eigenvalue weighted by molar-refractivity contribution is -0.356. The molecule has 0 aromatic rings. The molecule has 0 aliphatic heterocycles. The molecular formula is C7H14N2O4S4. The van der Waals surface area contributed by atoms with Crippen LogP contribution in [-0.4, -0.2) is 49.1 Å². The van der Waals surface area contributed by atoms with Crippen LogP contribution in [0, 0.1) is 0 Å². The fourth-order valence-corrected chi connectivity index (χ4v) is 1.31. The number of rotatable bonds is 6. The summed E-state index contributed by atoms with van der Waals surface area (Å²) in [5.74, 6) is -1.33. The van der Waals surface area contributed by atoms with Crippen LogP contribution in [0.2, 0.25) is 0 Å². The van der Waals surface area contributed by atoms with Gasteiger partial charge < -0.3 is 15.9 Å². The number of carbonyl (C=O) groups is 2. The lowest BCUT2D eigenvalue weighted by Crippen LogP contribution is -2.31. The van der Waals surface area contributed by atoms with Gasteiger partial charge in [-0.1, -0.05) is 25.2 Å². The number of aliphatic carboxylic acids is 2. The molecule has 0 spiro atoms. The Hall–Kier alpha value is -0.160. The molecule has 0 saturated carbocycles. The zero-order chi connectivity index (χ0) is 14.0. The van der Waals surface area contributed by atoms with Crippen molar-refractivity contribution in [3.63, 3.8) is 0 Å². The molecule has 0 radical (unpaired) electrons. The number of hydrogen-bond acceptors (Lipinski definition) is 7. The van der Waals surface area contributed by atoms with Crippen LogP contribution in [0.5, 0.6) is 0 Å². The zero-order valence-electron chi connectivity index (χ0n) is 8.72. The van der Waals surface area contributed by atoms with Crippen LogP contribution < -0.4 is 5.73 Å². The maximum Gasteiger partial charge on any atom is 0.372 e. The van der Waals surface area contributed by atoms with Crippen LogP contribution >= 0.6 is 25.3 Å². The summed E-state index contributed by atoms with van der Waals surface area (Å²) in [7, 11) is 0. The fourth-order valence-electron chi connectivity index (χ4n) is 0.519. The van der Waals surface area contributed by atoms with Crippen LogP contribution in [0.15, 0.2) is 0 Å². The summed E-state index contributed by atoms with van der Waals surface area (Å²) in [5.41, 5.74) is 4.94. The normalized spacial score (nSPS) is 12.9. The molecule has 0 saturated heterocycles. The minimum Gasteiger partial charge on any atom is -0.480 e. The molecule has 4 N–H and O–H groups in total. The number of carboxylic acid groups (broad SMARTS) is 2. The van der Waals surface area contributed by atoms with Crippen molar-refractivity contribution in [3.05, 3.63) is 0 Å². The SMILES string of the molecule is N[C@@H](CS)C(=O)O.O=C(O)[C@H](CCS)[N+](=S)[S-]. The Morgan fingerprint density at radius 1 is 1.35 bits per heavy atom. The van der Waals surface area contributed by atoms with Gasteiger partial charge in [0.2, 0.25) is 6.04 Å². The lowest BCUT2D eigenvalue weighted by atomic mass is 10.2. The number of carboxylic acids is 2. The van der Waals surface area contributed by atoms with Crippen LogP contribution in [-0.2, 0) is 34.8 Å². The Morgan fingerprint density at radius 2 is 1.82 bits per heavy atom. The molecule has 0 aliphatic carbocycles. The average Bonchev–Trinajstić information content (AvgIpc) is 2.24. The van der Waals surface area contributed by atoms with Crippen LogP contribution in [0.1, 0.15) is 6.42 Å². The number of hydrogen-bond donors (Lipinski definition) is 5. The van der Waals surface area contributed by atoms with E-state index < -0.39 is 24.0 Å². The van der Waals surface area contributed by atoms with Crippen LogP contribution in [0.3, 0.4) is 0 Å². The first-order valence-electron chi connectivity index (χ1n) is 4.34. The molecule has 0 amide bonds. The topological polar surface area (TPSA) is 104 Å². The highest BCUT2D eigenvalue weighted by Crippen LogP contribution is 1.98. The van der Waals surface area contributed by atoms with Crippen LogP contribution in [0.25, 0.3) is 0 Å². The molecule has 0 aromatic carbocycles. The second kappa shape index (κ2) is 11.0. The third kappa shape index (κ3) is 10.7. The quantitative estimate of drug-likeness (QED) is 0.250. The van der Waals surface area contributed by atoms with E-state index in [9.17, 15) is 9.59 Å². The molecule has 10 heteroatoms. The highest BCUT2D eigenvalue weighted by Gasteiger charge is 2.21. The Balaban J connectivity index is 0. The highest BCUT2D eigenvalue weighted by atomic mass is 32.2. The molecule has 0 aromatic heterocycles. The van der Waals surface area contributed by atoms with Crippen molar-refractivity contribution in [1.82, 2.24) is 0 Å². The van der Waals surface area contributed by atoms with E-state index >= 15 is 0 Å². The fraction of sp³-hybridized carbons (Fsp3) is 0.714. The van der Waals surface area contributed by atoms with Crippen molar-refractivity contribution >= 4 is 62.4 Å². The molecule has 0 bridgehead atoms. The summed E-state index contributed by atoms with van der Waals surface area (Å²) in [6.45, 7) is 0. The van der Waals surface area contributed by atoms with Crippen molar-refractivity contribution in [2.45, 2.75) is 18.5 Å². The van der Waals surface area contributed by atoms with Gasteiger partial charge in [0.15, 0.2) is 0 Å². The van der Waals surface area contributed by atoms with Gasteiger partial charge in [0, 0.05) is 12.2 Å². The van der Waals surface area contributed by atoms with Gasteiger partial charge in [-0.3, -0.25) is 4.79 Å². The summed E-state index contributed by atoms with van der Waals surface area (Å²) in [4.78, 5) is 20.1. The predicted octanol–water partition coefficient (Wildman–Crippen LogP) is -0.708. The largest absolute Gasteiger partial charge is 0.480 e. The summed E-state index contributed by atoms with van der Waals surface area (Å²) >= 11 is 16.5. The molecule has 0 rings (SSSR count). The molecule has 2 atom stereocenters. The summed E-state index contributed by atoms with van der Waals surface area (Å²) < 4.78 is 0.846. The summed E-state index contributed by atoms with van der Waals surface area (Å²) in [6.07, 6.45) is 0.380. The van der Waals surface area contributed by atoms with Crippen molar-refractivity contribution < 1.29 is 23.2 Å². The van der Waals surface area contributed by atoms with Crippen molar-refractivity contribution in [2.75, 3.05) is 11.5 Å². The standard InChI is InChI=1S/C4H7NO2S3.C3H7NO2S/c6-4(7)3(1-2-8)5(9)10;4-2(1-7)3(5)6/h3,8H,1-2H2,(H,6,7);2,7H,1,4H2,(H,5,6)/t3-;2-/m00/s1. The smallest absolute Gasteiger partial charge is 0.372 e. The first kappa shape index (κ1) is 19.2. The maximum atomic E-state index is 10.3. The van der Waals surface area contributed by atoms with E-state index in [-0.39, 0.29) is 5.75 Å². The second-order valence-electron chi connectivity index (χ2n) is 2.78. The van der Waals surface area contributed by atoms with Crippen LogP contribution in [0.4, 0.5) is 0 Å². The molecule has 17 heavy (non-hydrogen) atoms. The molecule has 0 fully saturated rings. The van der Waals surface area contributed by atoms with Gasteiger partial charge in [-0.2, -0.15) is 25.3 Å². The monoisotopic (exact) mass is 318 g/mol. The van der Waals surface area contributed by atoms with E-state index in [1.807, 2.05) is 0 Å². The molecule has 0 aliphatic rings. The van der Waals surface area contributed by atoms with E-state index in [0.29, 0.717) is 12.2 Å². The van der Waals surface area contributed by atoms with Gasteiger partial charge in [0.25, 0.3) is 0 Å². The molecule has 0 heterocycles. The third-order valence-corrected chi connectivity index (χ3v) is 2.62. The zero-order valence-corrected chi connectivity index (χ0v) is 12.1. The van der Waals surface area contributed by atoms with Crippen molar-refractivity contribution in [3.8, 4) is 0 Å². The highest BCUT2D eigenvalue weighted by molar-refractivity contribution is 7.80. The third-order valence-electron chi connectivity index (χ3n) is 1.46. The second-order valence-corrected chi connectivity index (χ2v) is 4.61. The Morgan fingerprint density at radius 3 is 1.88 bits per heavy atom. The van der Waals surface area contributed by atoms with E-state index in [1.165, 1.54) is 0 Å². The van der Waals surface area contributed by atoms with Gasteiger partial charge in [-0.05, 0) is 5.75 Å². The summed E-state index contributed by atoms with van der Waals surface area (Å²) in [6, 6.07) is -1.58. The predicted molar refractivity (Wildman–Crippen MR) is 74.3 cm³/mol. The van der Waals surface area contributed by atoms with Crippen molar-refractivity contribution in [2.24, 2.45) is 5.73 Å². The molecule has 6 nitrogen and oxygen atoms in total. The Labute approximate surface area is 121 Å². The van der Waals surface area contributed by atoms with Gasteiger partial charge in [-0.15, -0.1) is 0 Å². The number of thiol groups is 2.